The van der Waals surface area contributed by atoms with Gasteiger partial charge in [-0.05, 0) is 30.9 Å². The third kappa shape index (κ3) is 3.68. The summed E-state index contributed by atoms with van der Waals surface area (Å²) < 4.78 is 10.8. The Morgan fingerprint density at radius 1 is 1.32 bits per heavy atom. The summed E-state index contributed by atoms with van der Waals surface area (Å²) in [6, 6.07) is 9.40. The van der Waals surface area contributed by atoms with Crippen LogP contribution in [0.1, 0.15) is 12.8 Å². The van der Waals surface area contributed by atoms with Gasteiger partial charge in [0.05, 0.1) is 13.2 Å². The molecule has 5 heteroatoms. The molecule has 0 bridgehead atoms. The van der Waals surface area contributed by atoms with Gasteiger partial charge in [-0.15, -0.1) is 0 Å². The van der Waals surface area contributed by atoms with E-state index < -0.39 is 11.5 Å². The van der Waals surface area contributed by atoms with Crippen molar-refractivity contribution in [3.63, 3.8) is 0 Å². The van der Waals surface area contributed by atoms with Crippen LogP contribution in [0.2, 0.25) is 0 Å². The summed E-state index contributed by atoms with van der Waals surface area (Å²) >= 11 is 0. The summed E-state index contributed by atoms with van der Waals surface area (Å²) in [5.41, 5.74) is 4.63. The lowest BCUT2D eigenvalue weighted by Gasteiger charge is -2.24. The van der Waals surface area contributed by atoms with Gasteiger partial charge in [-0.3, -0.25) is 4.79 Å². The highest BCUT2D eigenvalue weighted by atomic mass is 16.5. The predicted octanol–water partition coefficient (Wildman–Crippen LogP) is 1.27. The minimum atomic E-state index is -1.24. The number of hydrogen-bond acceptors (Lipinski definition) is 4. The molecular weight excluding hydrogens is 246 g/mol. The molecule has 2 rings (SSSR count). The molecule has 1 aliphatic rings. The molecule has 1 fully saturated rings. The molecule has 0 saturated heterocycles. The van der Waals surface area contributed by atoms with Crippen molar-refractivity contribution in [2.45, 2.75) is 18.4 Å². The third-order valence-corrected chi connectivity index (χ3v) is 3.28. The van der Waals surface area contributed by atoms with Crippen molar-refractivity contribution in [1.82, 2.24) is 0 Å². The van der Waals surface area contributed by atoms with E-state index in [4.69, 9.17) is 20.3 Å². The topological polar surface area (TPSA) is 81.8 Å². The van der Waals surface area contributed by atoms with E-state index in [1.54, 1.807) is 0 Å². The first-order valence-corrected chi connectivity index (χ1v) is 6.41. The van der Waals surface area contributed by atoms with Gasteiger partial charge >= 0.3 is 5.97 Å². The van der Waals surface area contributed by atoms with Gasteiger partial charge < -0.3 is 20.3 Å². The highest BCUT2D eigenvalue weighted by Crippen LogP contribution is 2.38. The van der Waals surface area contributed by atoms with E-state index in [1.165, 1.54) is 0 Å². The monoisotopic (exact) mass is 265 g/mol. The molecule has 3 N–H and O–H groups in total. The molecule has 0 aromatic heterocycles. The summed E-state index contributed by atoms with van der Waals surface area (Å²) in [5, 5.41) is 9.14. The summed E-state index contributed by atoms with van der Waals surface area (Å²) in [4.78, 5) is 11.2. The van der Waals surface area contributed by atoms with Crippen molar-refractivity contribution in [2.24, 2.45) is 11.7 Å². The van der Waals surface area contributed by atoms with Crippen LogP contribution in [0.4, 0.5) is 0 Å². The van der Waals surface area contributed by atoms with E-state index in [0.29, 0.717) is 13.2 Å². The zero-order valence-corrected chi connectivity index (χ0v) is 10.7. The molecule has 0 radical (unpaired) electrons. The third-order valence-electron chi connectivity index (χ3n) is 3.28. The highest BCUT2D eigenvalue weighted by Gasteiger charge is 2.48. The molecule has 0 spiro atoms. The molecule has 1 aliphatic carbocycles. The smallest absolute Gasteiger partial charge is 0.326 e. The molecule has 1 aromatic carbocycles. The molecule has 19 heavy (non-hydrogen) atoms. The summed E-state index contributed by atoms with van der Waals surface area (Å²) in [6.07, 6.45) is 1.74. The van der Waals surface area contributed by atoms with Crippen LogP contribution in [-0.2, 0) is 9.53 Å². The van der Waals surface area contributed by atoms with Crippen LogP contribution in [0.25, 0.3) is 0 Å². The van der Waals surface area contributed by atoms with Crippen molar-refractivity contribution in [3.05, 3.63) is 30.3 Å². The van der Waals surface area contributed by atoms with Crippen LogP contribution in [0.3, 0.4) is 0 Å². The second-order valence-corrected chi connectivity index (χ2v) is 4.83. The van der Waals surface area contributed by atoms with Crippen LogP contribution >= 0.6 is 0 Å². The van der Waals surface area contributed by atoms with Crippen LogP contribution in [0, 0.1) is 5.92 Å². The average molecular weight is 265 g/mol. The van der Waals surface area contributed by atoms with Crippen molar-refractivity contribution in [2.75, 3.05) is 19.8 Å². The molecule has 0 aliphatic heterocycles. The summed E-state index contributed by atoms with van der Waals surface area (Å²) in [6.45, 7) is 0.739. The first-order chi connectivity index (χ1) is 9.13. The van der Waals surface area contributed by atoms with Gasteiger partial charge in [0, 0.05) is 0 Å². The van der Waals surface area contributed by atoms with E-state index >= 15 is 0 Å². The first kappa shape index (κ1) is 13.8. The van der Waals surface area contributed by atoms with Crippen molar-refractivity contribution in [1.29, 1.82) is 0 Å². The standard InChI is InChI=1S/C14H19NO4/c15-14(13(16)17,11-6-7-11)10-18-8-9-19-12-4-2-1-3-5-12/h1-5,11H,6-10,15H2,(H,16,17). The average Bonchev–Trinajstić information content (AvgIpc) is 3.23. The number of carboxylic acids is 1. The number of para-hydroxylation sites is 1. The number of benzene rings is 1. The second kappa shape index (κ2) is 6.04. The summed E-state index contributed by atoms with van der Waals surface area (Å²) in [5.74, 6) is -0.176. The quantitative estimate of drug-likeness (QED) is 0.692. The SMILES string of the molecule is NC(COCCOc1ccccc1)(C(=O)O)C1CC1. The van der Waals surface area contributed by atoms with E-state index in [-0.39, 0.29) is 12.5 Å². The minimum absolute atomic E-state index is 0.0329. The lowest BCUT2D eigenvalue weighted by atomic mass is 9.96. The Bertz CT molecular complexity index is 419. The number of carboxylic acid groups (broad SMARTS) is 1. The Kier molecular flexibility index (Phi) is 4.39. The van der Waals surface area contributed by atoms with Gasteiger partial charge in [0.2, 0.25) is 0 Å². The molecule has 1 aromatic rings. The number of aliphatic carboxylic acids is 1. The van der Waals surface area contributed by atoms with Crippen LogP contribution in [-0.4, -0.2) is 36.4 Å². The molecule has 1 unspecified atom stereocenters. The Balaban J connectivity index is 1.67. The van der Waals surface area contributed by atoms with Gasteiger partial charge in [0.1, 0.15) is 17.9 Å². The first-order valence-electron chi connectivity index (χ1n) is 6.41. The molecular formula is C14H19NO4. The van der Waals surface area contributed by atoms with Crippen molar-refractivity contribution < 1.29 is 19.4 Å². The molecule has 104 valence electrons. The van der Waals surface area contributed by atoms with Gasteiger partial charge in [-0.25, -0.2) is 0 Å². The number of hydrogen-bond donors (Lipinski definition) is 2. The van der Waals surface area contributed by atoms with Gasteiger partial charge in [-0.2, -0.15) is 0 Å². The maximum Gasteiger partial charge on any atom is 0.326 e. The fourth-order valence-corrected chi connectivity index (χ4v) is 1.93. The van der Waals surface area contributed by atoms with Crippen molar-refractivity contribution in [3.8, 4) is 5.75 Å². The number of ether oxygens (including phenoxy) is 2. The second-order valence-electron chi connectivity index (χ2n) is 4.83. The Morgan fingerprint density at radius 2 is 2.00 bits per heavy atom. The van der Waals surface area contributed by atoms with Gasteiger partial charge in [-0.1, -0.05) is 18.2 Å². The highest BCUT2D eigenvalue weighted by molar-refractivity contribution is 5.79. The molecule has 0 amide bonds. The van der Waals surface area contributed by atoms with Crippen LogP contribution < -0.4 is 10.5 Å². The van der Waals surface area contributed by atoms with Crippen LogP contribution in [0.5, 0.6) is 5.75 Å². The predicted molar refractivity (Wildman–Crippen MR) is 70.0 cm³/mol. The zero-order valence-electron chi connectivity index (χ0n) is 10.7. The van der Waals surface area contributed by atoms with E-state index in [0.717, 1.165) is 18.6 Å². The van der Waals surface area contributed by atoms with Crippen LogP contribution in [0.15, 0.2) is 30.3 Å². The van der Waals surface area contributed by atoms with Gasteiger partial charge in [0.15, 0.2) is 0 Å². The molecule has 0 heterocycles. The lowest BCUT2D eigenvalue weighted by molar-refractivity contribution is -0.147. The molecule has 1 atom stereocenters. The maximum absolute atomic E-state index is 11.2. The van der Waals surface area contributed by atoms with E-state index in [2.05, 4.69) is 0 Å². The van der Waals surface area contributed by atoms with E-state index in [1.807, 2.05) is 30.3 Å². The zero-order chi connectivity index (χ0) is 13.7. The lowest BCUT2D eigenvalue weighted by Crippen LogP contribution is -2.54. The van der Waals surface area contributed by atoms with Crippen molar-refractivity contribution >= 4 is 5.97 Å². The Morgan fingerprint density at radius 3 is 2.58 bits per heavy atom. The molecule has 5 nitrogen and oxygen atoms in total. The summed E-state index contributed by atoms with van der Waals surface area (Å²) in [7, 11) is 0. The van der Waals surface area contributed by atoms with E-state index in [9.17, 15) is 4.79 Å². The normalized spacial score (nSPS) is 17.7. The number of rotatable bonds is 8. The number of carbonyl (C=O) groups is 1. The fourth-order valence-electron chi connectivity index (χ4n) is 1.93. The Labute approximate surface area is 112 Å². The maximum atomic E-state index is 11.2. The Hall–Kier alpha value is -1.59. The fraction of sp³-hybridized carbons (Fsp3) is 0.500. The van der Waals surface area contributed by atoms with Gasteiger partial charge in [0.25, 0.3) is 0 Å². The number of nitrogens with two attached hydrogens (primary N) is 1. The molecule has 1 saturated carbocycles. The minimum Gasteiger partial charge on any atom is -0.491 e. The largest absolute Gasteiger partial charge is 0.491 e.